The van der Waals surface area contributed by atoms with Gasteiger partial charge in [0.2, 0.25) is 11.8 Å². The van der Waals surface area contributed by atoms with Crippen molar-refractivity contribution in [1.82, 2.24) is 5.32 Å². The number of hydrogen-bond donors (Lipinski definition) is 2. The van der Waals surface area contributed by atoms with Crippen LogP contribution in [-0.4, -0.2) is 11.8 Å². The Balaban J connectivity index is 1.91. The fourth-order valence-electron chi connectivity index (χ4n) is 2.26. The van der Waals surface area contributed by atoms with Crippen LogP contribution in [0, 0.1) is 6.92 Å². The lowest BCUT2D eigenvalue weighted by atomic mass is 10.1. The number of aryl methyl sites for hydroxylation is 1. The van der Waals surface area contributed by atoms with Crippen LogP contribution in [0.2, 0.25) is 0 Å². The molecule has 0 heterocycles. The summed E-state index contributed by atoms with van der Waals surface area (Å²) in [7, 11) is 0. The van der Waals surface area contributed by atoms with Crippen molar-refractivity contribution in [2.75, 3.05) is 5.32 Å². The molecule has 0 saturated heterocycles. The van der Waals surface area contributed by atoms with E-state index in [0.29, 0.717) is 0 Å². The Morgan fingerprint density at radius 2 is 1.72 bits per heavy atom. The minimum Gasteiger partial charge on any atom is -0.352 e. The number of benzene rings is 2. The normalized spacial score (nSPS) is 11.0. The lowest BCUT2D eigenvalue weighted by molar-refractivity contribution is -0.137. The lowest BCUT2D eigenvalue weighted by Crippen LogP contribution is -2.28. The van der Waals surface area contributed by atoms with E-state index in [4.69, 9.17) is 0 Å². The average Bonchev–Trinajstić information content (AvgIpc) is 2.52. The second-order valence-electron chi connectivity index (χ2n) is 5.53. The van der Waals surface area contributed by atoms with Crippen molar-refractivity contribution in [1.29, 1.82) is 0 Å². The largest absolute Gasteiger partial charge is 0.418 e. The molecule has 0 aromatic heterocycles. The first-order chi connectivity index (χ1) is 11.8. The molecule has 0 saturated carbocycles. The zero-order valence-corrected chi connectivity index (χ0v) is 13.5. The highest BCUT2D eigenvalue weighted by Crippen LogP contribution is 2.34. The van der Waals surface area contributed by atoms with E-state index in [0.717, 1.165) is 23.3 Å². The maximum absolute atomic E-state index is 12.9. The summed E-state index contributed by atoms with van der Waals surface area (Å²) in [4.78, 5) is 23.6. The zero-order chi connectivity index (χ0) is 18.4. The van der Waals surface area contributed by atoms with Crippen LogP contribution < -0.4 is 10.6 Å². The molecule has 0 spiro atoms. The minimum atomic E-state index is -4.59. The molecule has 0 atom stereocenters. The number of hydrogen-bond acceptors (Lipinski definition) is 2. The molecule has 2 aromatic carbocycles. The van der Waals surface area contributed by atoms with Crippen LogP contribution in [0.25, 0.3) is 0 Å². The van der Waals surface area contributed by atoms with Crippen LogP contribution in [0.15, 0.2) is 48.5 Å². The smallest absolute Gasteiger partial charge is 0.352 e. The van der Waals surface area contributed by atoms with Gasteiger partial charge in [-0.25, -0.2) is 0 Å². The first kappa shape index (κ1) is 18.5. The van der Waals surface area contributed by atoms with Crippen molar-refractivity contribution in [3.63, 3.8) is 0 Å². The van der Waals surface area contributed by atoms with Crippen molar-refractivity contribution in [2.45, 2.75) is 26.1 Å². The van der Waals surface area contributed by atoms with Crippen LogP contribution in [0.5, 0.6) is 0 Å². The Kier molecular flexibility index (Phi) is 5.80. The van der Waals surface area contributed by atoms with Crippen LogP contribution in [0.3, 0.4) is 0 Å². The van der Waals surface area contributed by atoms with Gasteiger partial charge in [-0.1, -0.05) is 42.0 Å². The van der Waals surface area contributed by atoms with Gasteiger partial charge in [0.15, 0.2) is 0 Å². The van der Waals surface area contributed by atoms with Crippen molar-refractivity contribution in [2.24, 2.45) is 0 Å². The number of para-hydroxylation sites is 1. The fourth-order valence-corrected chi connectivity index (χ4v) is 2.26. The average molecular weight is 350 g/mol. The highest BCUT2D eigenvalue weighted by atomic mass is 19.4. The van der Waals surface area contributed by atoms with Gasteiger partial charge in [-0.3, -0.25) is 9.59 Å². The Morgan fingerprint density at radius 1 is 1.00 bits per heavy atom. The molecular formula is C18H17F3N2O2. The monoisotopic (exact) mass is 350 g/mol. The zero-order valence-electron chi connectivity index (χ0n) is 13.5. The molecule has 25 heavy (non-hydrogen) atoms. The van der Waals surface area contributed by atoms with Crippen LogP contribution in [0.1, 0.15) is 23.1 Å². The number of anilines is 1. The van der Waals surface area contributed by atoms with Crippen LogP contribution in [-0.2, 0) is 22.3 Å². The van der Waals surface area contributed by atoms with Crippen molar-refractivity contribution < 1.29 is 22.8 Å². The third-order valence-electron chi connectivity index (χ3n) is 3.40. The van der Waals surface area contributed by atoms with E-state index in [1.165, 1.54) is 12.1 Å². The predicted octanol–water partition coefficient (Wildman–Crippen LogP) is 3.66. The summed E-state index contributed by atoms with van der Waals surface area (Å²) in [5.74, 6) is -1.37. The second-order valence-corrected chi connectivity index (χ2v) is 5.53. The standard InChI is InChI=1S/C18H17F3N2O2/c1-12-5-4-6-13(9-12)11-22-16(24)10-17(25)23-15-8-3-2-7-14(15)18(19,20)21/h2-9H,10-11H2,1H3,(H,22,24)(H,23,25). The third kappa shape index (κ3) is 5.63. The summed E-state index contributed by atoms with van der Waals surface area (Å²) in [6, 6.07) is 12.1. The molecule has 0 aliphatic rings. The summed E-state index contributed by atoms with van der Waals surface area (Å²) in [6.07, 6.45) is -5.14. The molecule has 2 rings (SSSR count). The first-order valence-corrected chi connectivity index (χ1v) is 7.54. The molecule has 0 aliphatic heterocycles. The summed E-state index contributed by atoms with van der Waals surface area (Å²) < 4.78 is 38.6. The molecule has 0 unspecified atom stereocenters. The second kappa shape index (κ2) is 7.83. The number of rotatable bonds is 5. The fraction of sp³-hybridized carbons (Fsp3) is 0.222. The number of carbonyl (C=O) groups excluding carboxylic acids is 2. The molecule has 7 heteroatoms. The van der Waals surface area contributed by atoms with E-state index < -0.39 is 30.0 Å². The van der Waals surface area contributed by atoms with Gasteiger partial charge in [-0.05, 0) is 24.6 Å². The molecule has 0 radical (unpaired) electrons. The Morgan fingerprint density at radius 3 is 2.40 bits per heavy atom. The van der Waals surface area contributed by atoms with Crippen LogP contribution in [0.4, 0.5) is 18.9 Å². The quantitative estimate of drug-likeness (QED) is 0.809. The van der Waals surface area contributed by atoms with E-state index in [9.17, 15) is 22.8 Å². The number of nitrogens with one attached hydrogen (secondary N) is 2. The minimum absolute atomic E-state index is 0.243. The van der Waals surface area contributed by atoms with E-state index in [2.05, 4.69) is 10.6 Å². The van der Waals surface area contributed by atoms with E-state index >= 15 is 0 Å². The van der Waals surface area contributed by atoms with Crippen LogP contribution >= 0.6 is 0 Å². The maximum Gasteiger partial charge on any atom is 0.418 e. The molecule has 2 aromatic rings. The molecule has 0 aliphatic carbocycles. The number of amides is 2. The molecule has 2 amide bonds. The number of alkyl halides is 3. The van der Waals surface area contributed by atoms with Gasteiger partial charge in [0.25, 0.3) is 0 Å². The summed E-state index contributed by atoms with van der Waals surface area (Å²) in [5.41, 5.74) is 0.583. The third-order valence-corrected chi connectivity index (χ3v) is 3.40. The van der Waals surface area contributed by atoms with Gasteiger partial charge < -0.3 is 10.6 Å². The van der Waals surface area contributed by atoms with Crippen molar-refractivity contribution >= 4 is 17.5 Å². The maximum atomic E-state index is 12.9. The summed E-state index contributed by atoms with van der Waals surface area (Å²) >= 11 is 0. The summed E-state index contributed by atoms with van der Waals surface area (Å²) in [6.45, 7) is 2.16. The number of halogens is 3. The van der Waals surface area contributed by atoms with Gasteiger partial charge >= 0.3 is 6.18 Å². The van der Waals surface area contributed by atoms with E-state index in [1.54, 1.807) is 0 Å². The predicted molar refractivity (Wildman–Crippen MR) is 87.7 cm³/mol. The Hall–Kier alpha value is -2.83. The first-order valence-electron chi connectivity index (χ1n) is 7.54. The molecule has 2 N–H and O–H groups in total. The van der Waals surface area contributed by atoms with Gasteiger partial charge in [0.05, 0.1) is 11.3 Å². The van der Waals surface area contributed by atoms with Crippen molar-refractivity contribution in [3.05, 3.63) is 65.2 Å². The Bertz CT molecular complexity index is 773. The topological polar surface area (TPSA) is 58.2 Å². The van der Waals surface area contributed by atoms with E-state index in [1.807, 2.05) is 31.2 Å². The lowest BCUT2D eigenvalue weighted by Gasteiger charge is -2.13. The van der Waals surface area contributed by atoms with Gasteiger partial charge in [0, 0.05) is 6.54 Å². The van der Waals surface area contributed by atoms with Gasteiger partial charge in [0.1, 0.15) is 6.42 Å². The Labute approximate surface area is 143 Å². The highest BCUT2D eigenvalue weighted by Gasteiger charge is 2.33. The summed E-state index contributed by atoms with van der Waals surface area (Å²) in [5, 5.41) is 4.70. The molecule has 0 bridgehead atoms. The molecule has 0 fully saturated rings. The molecule has 132 valence electrons. The highest BCUT2D eigenvalue weighted by molar-refractivity contribution is 6.03. The molecular weight excluding hydrogens is 333 g/mol. The van der Waals surface area contributed by atoms with Gasteiger partial charge in [-0.15, -0.1) is 0 Å². The SMILES string of the molecule is Cc1cccc(CNC(=O)CC(=O)Nc2ccccc2C(F)(F)F)c1. The molecule has 4 nitrogen and oxygen atoms in total. The van der Waals surface area contributed by atoms with Crippen molar-refractivity contribution in [3.8, 4) is 0 Å². The number of carbonyl (C=O) groups is 2. The van der Waals surface area contributed by atoms with Gasteiger partial charge in [-0.2, -0.15) is 13.2 Å². The van der Waals surface area contributed by atoms with E-state index in [-0.39, 0.29) is 12.2 Å².